The van der Waals surface area contributed by atoms with E-state index in [1.807, 2.05) is 0 Å². The number of primary amides is 1. The van der Waals surface area contributed by atoms with Crippen LogP contribution in [0.5, 0.6) is 0 Å². The molecule has 4 heteroatoms. The minimum absolute atomic E-state index is 0.0776. The SMILES string of the molecule is CCC(C)(C)N(C)CC(NC(C)C)(C(N)=O)C1CC1. The summed E-state index contributed by atoms with van der Waals surface area (Å²) in [5.74, 6) is 0.185. The van der Waals surface area contributed by atoms with Gasteiger partial charge in [-0.05, 0) is 59.9 Å². The van der Waals surface area contributed by atoms with Crippen molar-refractivity contribution in [1.82, 2.24) is 10.2 Å². The van der Waals surface area contributed by atoms with Crippen LogP contribution in [0, 0.1) is 5.92 Å². The van der Waals surface area contributed by atoms with E-state index in [-0.39, 0.29) is 17.5 Å². The van der Waals surface area contributed by atoms with Gasteiger partial charge in [-0.3, -0.25) is 15.0 Å². The molecule has 0 heterocycles. The first-order valence-corrected chi connectivity index (χ1v) is 7.44. The molecule has 0 radical (unpaired) electrons. The Hall–Kier alpha value is -0.610. The summed E-state index contributed by atoms with van der Waals surface area (Å²) in [7, 11) is 2.09. The quantitative estimate of drug-likeness (QED) is 0.705. The minimum Gasteiger partial charge on any atom is -0.368 e. The molecule has 1 saturated carbocycles. The monoisotopic (exact) mass is 269 g/mol. The van der Waals surface area contributed by atoms with E-state index in [0.717, 1.165) is 19.3 Å². The molecule has 1 amide bonds. The van der Waals surface area contributed by atoms with Crippen molar-refractivity contribution < 1.29 is 4.79 Å². The zero-order chi connectivity index (χ0) is 14.8. The van der Waals surface area contributed by atoms with Gasteiger partial charge >= 0.3 is 0 Å². The summed E-state index contributed by atoms with van der Waals surface area (Å²) in [5.41, 5.74) is 5.27. The highest BCUT2D eigenvalue weighted by Crippen LogP contribution is 2.41. The molecule has 0 saturated heterocycles. The topological polar surface area (TPSA) is 58.4 Å². The van der Waals surface area contributed by atoms with Gasteiger partial charge in [-0.15, -0.1) is 0 Å². The third-order valence-corrected chi connectivity index (χ3v) is 4.65. The van der Waals surface area contributed by atoms with Crippen molar-refractivity contribution in [3.8, 4) is 0 Å². The van der Waals surface area contributed by atoms with Crippen LogP contribution in [0.4, 0.5) is 0 Å². The fraction of sp³-hybridized carbons (Fsp3) is 0.933. The maximum atomic E-state index is 12.1. The van der Waals surface area contributed by atoms with Crippen molar-refractivity contribution in [2.24, 2.45) is 11.7 Å². The first-order valence-electron chi connectivity index (χ1n) is 7.44. The smallest absolute Gasteiger partial charge is 0.239 e. The predicted octanol–water partition coefficient (Wildman–Crippen LogP) is 1.74. The van der Waals surface area contributed by atoms with Gasteiger partial charge in [0, 0.05) is 18.1 Å². The van der Waals surface area contributed by atoms with Crippen molar-refractivity contribution in [3.63, 3.8) is 0 Å². The Balaban J connectivity index is 2.94. The number of amides is 1. The average molecular weight is 269 g/mol. The maximum Gasteiger partial charge on any atom is 0.239 e. The highest BCUT2D eigenvalue weighted by Gasteiger charge is 2.51. The van der Waals surface area contributed by atoms with Crippen LogP contribution in [0.25, 0.3) is 0 Å². The summed E-state index contributed by atoms with van der Waals surface area (Å²) in [5, 5.41) is 3.47. The van der Waals surface area contributed by atoms with Crippen molar-refractivity contribution in [2.45, 2.75) is 71.0 Å². The molecule has 1 aliphatic carbocycles. The van der Waals surface area contributed by atoms with Gasteiger partial charge in [0.1, 0.15) is 5.54 Å². The van der Waals surface area contributed by atoms with E-state index >= 15 is 0 Å². The molecule has 3 N–H and O–H groups in total. The number of likely N-dealkylation sites (N-methyl/N-ethyl adjacent to an activating group) is 1. The molecule has 1 rings (SSSR count). The van der Waals surface area contributed by atoms with Gasteiger partial charge in [0.25, 0.3) is 0 Å². The number of rotatable bonds is 8. The van der Waals surface area contributed by atoms with Gasteiger partial charge in [0.2, 0.25) is 5.91 Å². The summed E-state index contributed by atoms with van der Waals surface area (Å²) >= 11 is 0. The Morgan fingerprint density at radius 1 is 1.42 bits per heavy atom. The standard InChI is InChI=1S/C15H31N3O/c1-7-14(4,5)18(6)10-15(13(16)19,12-8-9-12)17-11(2)3/h11-12,17H,7-10H2,1-6H3,(H2,16,19). The summed E-state index contributed by atoms with van der Waals surface area (Å²) in [6, 6.07) is 0.256. The minimum atomic E-state index is -0.574. The molecular weight excluding hydrogens is 238 g/mol. The van der Waals surface area contributed by atoms with Gasteiger partial charge < -0.3 is 5.73 Å². The lowest BCUT2D eigenvalue weighted by Crippen LogP contribution is -2.66. The number of carbonyl (C=O) groups is 1. The third-order valence-electron chi connectivity index (χ3n) is 4.65. The Morgan fingerprint density at radius 3 is 2.26 bits per heavy atom. The molecule has 0 spiro atoms. The van der Waals surface area contributed by atoms with Crippen molar-refractivity contribution >= 4 is 5.91 Å². The number of nitrogens with two attached hydrogens (primary N) is 1. The van der Waals surface area contributed by atoms with Crippen molar-refractivity contribution in [3.05, 3.63) is 0 Å². The number of nitrogens with one attached hydrogen (secondary N) is 1. The highest BCUT2D eigenvalue weighted by atomic mass is 16.1. The molecule has 4 nitrogen and oxygen atoms in total. The van der Waals surface area contributed by atoms with Crippen LogP contribution >= 0.6 is 0 Å². The molecular formula is C15H31N3O. The fourth-order valence-corrected chi connectivity index (χ4v) is 2.59. The zero-order valence-corrected chi connectivity index (χ0v) is 13.4. The zero-order valence-electron chi connectivity index (χ0n) is 13.4. The molecule has 1 aliphatic rings. The molecule has 0 aromatic heterocycles. The third kappa shape index (κ3) is 3.69. The van der Waals surface area contributed by atoms with Crippen LogP contribution in [0.3, 0.4) is 0 Å². The van der Waals surface area contributed by atoms with Gasteiger partial charge in [-0.1, -0.05) is 6.92 Å². The summed E-state index contributed by atoms with van der Waals surface area (Å²) in [6.45, 7) is 11.4. The van der Waals surface area contributed by atoms with Crippen molar-refractivity contribution in [1.29, 1.82) is 0 Å². The second-order valence-electron chi connectivity index (χ2n) is 6.93. The van der Waals surface area contributed by atoms with Crippen LogP contribution in [0.2, 0.25) is 0 Å². The molecule has 0 bridgehead atoms. The first-order chi connectivity index (χ1) is 8.65. The van der Waals surface area contributed by atoms with E-state index in [2.05, 4.69) is 51.9 Å². The van der Waals surface area contributed by atoms with E-state index in [0.29, 0.717) is 12.5 Å². The van der Waals surface area contributed by atoms with Crippen LogP contribution in [-0.2, 0) is 4.79 Å². The molecule has 0 aliphatic heterocycles. The molecule has 1 unspecified atom stereocenters. The highest BCUT2D eigenvalue weighted by molar-refractivity contribution is 5.86. The number of nitrogens with zero attached hydrogens (tertiary/aromatic N) is 1. The summed E-state index contributed by atoms with van der Waals surface area (Å²) in [6.07, 6.45) is 3.25. The van der Waals surface area contributed by atoms with Gasteiger partial charge in [0.15, 0.2) is 0 Å². The van der Waals surface area contributed by atoms with E-state index in [1.165, 1.54) is 0 Å². The van der Waals surface area contributed by atoms with E-state index in [1.54, 1.807) is 0 Å². The lowest BCUT2D eigenvalue weighted by molar-refractivity contribution is -0.127. The summed E-state index contributed by atoms with van der Waals surface area (Å²) < 4.78 is 0. The van der Waals surface area contributed by atoms with E-state index in [9.17, 15) is 4.79 Å². The lowest BCUT2D eigenvalue weighted by atomic mass is 9.88. The molecule has 112 valence electrons. The number of hydrogen-bond acceptors (Lipinski definition) is 3. The van der Waals surface area contributed by atoms with Crippen LogP contribution in [0.1, 0.15) is 53.9 Å². The molecule has 19 heavy (non-hydrogen) atoms. The lowest BCUT2D eigenvalue weighted by Gasteiger charge is -2.43. The van der Waals surface area contributed by atoms with Crippen LogP contribution < -0.4 is 11.1 Å². The Morgan fingerprint density at radius 2 is 1.95 bits per heavy atom. The summed E-state index contributed by atoms with van der Waals surface area (Å²) in [4.78, 5) is 14.4. The molecule has 1 fully saturated rings. The van der Waals surface area contributed by atoms with Crippen molar-refractivity contribution in [2.75, 3.05) is 13.6 Å². The Kier molecular flexibility index (Phi) is 5.02. The van der Waals surface area contributed by atoms with Crippen LogP contribution in [0.15, 0.2) is 0 Å². The molecule has 0 aromatic rings. The first kappa shape index (κ1) is 16.4. The maximum absolute atomic E-state index is 12.1. The van der Waals surface area contributed by atoms with E-state index in [4.69, 9.17) is 5.73 Å². The van der Waals surface area contributed by atoms with Gasteiger partial charge in [-0.2, -0.15) is 0 Å². The van der Waals surface area contributed by atoms with Gasteiger partial charge in [-0.25, -0.2) is 0 Å². The second kappa shape index (κ2) is 5.80. The predicted molar refractivity (Wildman–Crippen MR) is 79.9 cm³/mol. The number of carbonyl (C=O) groups excluding carboxylic acids is 1. The Bertz CT molecular complexity index is 323. The Labute approximate surface area is 118 Å². The molecule has 0 aromatic carbocycles. The van der Waals surface area contributed by atoms with E-state index < -0.39 is 5.54 Å². The second-order valence-corrected chi connectivity index (χ2v) is 6.93. The largest absolute Gasteiger partial charge is 0.368 e. The van der Waals surface area contributed by atoms with Crippen LogP contribution in [-0.4, -0.2) is 41.5 Å². The fourth-order valence-electron chi connectivity index (χ4n) is 2.59. The number of hydrogen-bond donors (Lipinski definition) is 2. The molecule has 1 atom stereocenters. The van der Waals surface area contributed by atoms with Gasteiger partial charge in [0.05, 0.1) is 0 Å². The normalized spacial score (nSPS) is 19.8. The average Bonchev–Trinajstić information content (AvgIpc) is 3.10.